The number of carbonyl (C=O) groups is 1. The maximum atomic E-state index is 11.8. The first-order valence-corrected chi connectivity index (χ1v) is 7.83. The van der Waals surface area contributed by atoms with E-state index in [1.54, 1.807) is 4.90 Å². The minimum absolute atomic E-state index is 0.151. The molecule has 4 nitrogen and oxygen atoms in total. The highest BCUT2D eigenvalue weighted by Gasteiger charge is 2.42. The maximum Gasteiger partial charge on any atom is 0.223 e. The van der Waals surface area contributed by atoms with E-state index in [0.717, 1.165) is 19.4 Å². The lowest BCUT2D eigenvalue weighted by Crippen LogP contribution is -2.55. The van der Waals surface area contributed by atoms with Crippen LogP contribution in [0.1, 0.15) is 53.4 Å². The Morgan fingerprint density at radius 3 is 2.55 bits per heavy atom. The predicted molar refractivity (Wildman–Crippen MR) is 82.5 cm³/mol. The third-order valence-electron chi connectivity index (χ3n) is 4.50. The van der Waals surface area contributed by atoms with E-state index in [4.69, 9.17) is 0 Å². The summed E-state index contributed by atoms with van der Waals surface area (Å²) in [7, 11) is 1.83. The molecule has 1 aliphatic rings. The molecule has 1 aliphatic carbocycles. The lowest BCUT2D eigenvalue weighted by Gasteiger charge is -2.47. The second-order valence-corrected chi connectivity index (χ2v) is 7.38. The van der Waals surface area contributed by atoms with E-state index in [9.17, 15) is 9.90 Å². The largest absolute Gasteiger partial charge is 0.394 e. The number of aliphatic hydroxyl groups excluding tert-OH is 1. The van der Waals surface area contributed by atoms with Crippen LogP contribution >= 0.6 is 0 Å². The highest BCUT2D eigenvalue weighted by molar-refractivity contribution is 5.75. The van der Waals surface area contributed by atoms with Crippen molar-refractivity contribution in [1.82, 2.24) is 10.2 Å². The predicted octanol–water partition coefficient (Wildman–Crippen LogP) is 2.02. The van der Waals surface area contributed by atoms with Crippen molar-refractivity contribution in [3.8, 4) is 0 Å². The Labute approximate surface area is 123 Å². The molecule has 0 aliphatic heterocycles. The molecule has 2 unspecified atom stereocenters. The monoisotopic (exact) mass is 284 g/mol. The van der Waals surface area contributed by atoms with Gasteiger partial charge in [0.05, 0.1) is 6.61 Å². The van der Waals surface area contributed by atoms with Crippen LogP contribution in [0.25, 0.3) is 0 Å². The molecule has 0 bridgehead atoms. The molecule has 1 rings (SSSR count). The highest BCUT2D eigenvalue weighted by Crippen LogP contribution is 2.43. The van der Waals surface area contributed by atoms with Crippen molar-refractivity contribution in [2.45, 2.75) is 58.9 Å². The van der Waals surface area contributed by atoms with Crippen LogP contribution in [-0.2, 0) is 4.79 Å². The van der Waals surface area contributed by atoms with E-state index >= 15 is 0 Å². The Hall–Kier alpha value is -0.610. The summed E-state index contributed by atoms with van der Waals surface area (Å²) in [6, 6.07) is 0. The molecular weight excluding hydrogens is 252 g/mol. The molecule has 0 aromatic rings. The molecule has 0 saturated heterocycles. The molecule has 20 heavy (non-hydrogen) atoms. The number of nitrogens with one attached hydrogen (secondary N) is 1. The van der Waals surface area contributed by atoms with E-state index in [0.29, 0.717) is 18.9 Å². The lowest BCUT2D eigenvalue weighted by atomic mass is 9.64. The standard InChI is InChI=1S/C16H32N2O2/c1-6-18(5)14(20)7-8-17-16(12-19)10-13(2)9-15(3,4)11-16/h13,17,19H,6-12H2,1-5H3. The zero-order valence-electron chi connectivity index (χ0n) is 13.8. The second-order valence-electron chi connectivity index (χ2n) is 7.38. The summed E-state index contributed by atoms with van der Waals surface area (Å²) in [5.74, 6) is 0.767. The first-order chi connectivity index (χ1) is 9.23. The van der Waals surface area contributed by atoms with Crippen molar-refractivity contribution in [2.24, 2.45) is 11.3 Å². The normalized spacial score (nSPS) is 29.2. The molecule has 2 atom stereocenters. The number of nitrogens with zero attached hydrogens (tertiary/aromatic N) is 1. The van der Waals surface area contributed by atoms with E-state index in [2.05, 4.69) is 26.1 Å². The molecule has 118 valence electrons. The van der Waals surface area contributed by atoms with Crippen molar-refractivity contribution in [3.05, 3.63) is 0 Å². The minimum Gasteiger partial charge on any atom is -0.394 e. The van der Waals surface area contributed by atoms with Crippen LogP contribution in [0.5, 0.6) is 0 Å². The van der Waals surface area contributed by atoms with Crippen molar-refractivity contribution in [3.63, 3.8) is 0 Å². The van der Waals surface area contributed by atoms with Gasteiger partial charge in [-0.1, -0.05) is 20.8 Å². The van der Waals surface area contributed by atoms with Crippen LogP contribution in [0.2, 0.25) is 0 Å². The van der Waals surface area contributed by atoms with Gasteiger partial charge in [0.25, 0.3) is 0 Å². The molecule has 0 aromatic carbocycles. The van der Waals surface area contributed by atoms with E-state index < -0.39 is 0 Å². The van der Waals surface area contributed by atoms with Crippen LogP contribution in [0.15, 0.2) is 0 Å². The molecule has 0 radical (unpaired) electrons. The Morgan fingerprint density at radius 2 is 2.05 bits per heavy atom. The lowest BCUT2D eigenvalue weighted by molar-refractivity contribution is -0.129. The second kappa shape index (κ2) is 6.90. The van der Waals surface area contributed by atoms with Gasteiger partial charge in [0.1, 0.15) is 0 Å². The summed E-state index contributed by atoms with van der Waals surface area (Å²) in [6.07, 6.45) is 3.66. The fourth-order valence-electron chi connectivity index (χ4n) is 3.86. The van der Waals surface area contributed by atoms with Gasteiger partial charge in [-0.15, -0.1) is 0 Å². The van der Waals surface area contributed by atoms with Crippen molar-refractivity contribution in [1.29, 1.82) is 0 Å². The highest BCUT2D eigenvalue weighted by atomic mass is 16.3. The average molecular weight is 284 g/mol. The summed E-state index contributed by atoms with van der Waals surface area (Å²) < 4.78 is 0. The summed E-state index contributed by atoms with van der Waals surface area (Å²) in [4.78, 5) is 13.6. The van der Waals surface area contributed by atoms with Gasteiger partial charge in [-0.05, 0) is 37.5 Å². The third kappa shape index (κ3) is 4.74. The molecule has 1 fully saturated rings. The van der Waals surface area contributed by atoms with Crippen LogP contribution in [-0.4, -0.2) is 48.2 Å². The summed E-state index contributed by atoms with van der Waals surface area (Å²) in [6.45, 7) is 10.3. The Kier molecular flexibility index (Phi) is 6.02. The van der Waals surface area contributed by atoms with Crippen molar-refractivity contribution < 1.29 is 9.90 Å². The van der Waals surface area contributed by atoms with Gasteiger partial charge in [-0.2, -0.15) is 0 Å². The van der Waals surface area contributed by atoms with Crippen LogP contribution in [0, 0.1) is 11.3 Å². The fraction of sp³-hybridized carbons (Fsp3) is 0.938. The van der Waals surface area contributed by atoms with Gasteiger partial charge in [0.2, 0.25) is 5.91 Å². The van der Waals surface area contributed by atoms with Gasteiger partial charge in [0, 0.05) is 32.1 Å². The van der Waals surface area contributed by atoms with Crippen molar-refractivity contribution in [2.75, 3.05) is 26.7 Å². The quantitative estimate of drug-likeness (QED) is 0.784. The first kappa shape index (κ1) is 17.4. The number of carbonyl (C=O) groups excluding carboxylic acids is 1. The van der Waals surface area contributed by atoms with Crippen LogP contribution in [0.4, 0.5) is 0 Å². The first-order valence-electron chi connectivity index (χ1n) is 7.83. The Balaban J connectivity index is 2.56. The number of hydrogen-bond acceptors (Lipinski definition) is 3. The number of rotatable bonds is 6. The molecule has 1 saturated carbocycles. The third-order valence-corrected chi connectivity index (χ3v) is 4.50. The molecular formula is C16H32N2O2. The van der Waals surface area contributed by atoms with E-state index in [1.165, 1.54) is 6.42 Å². The van der Waals surface area contributed by atoms with Gasteiger partial charge in [0.15, 0.2) is 0 Å². The molecule has 0 aromatic heterocycles. The summed E-state index contributed by atoms with van der Waals surface area (Å²) in [5, 5.41) is 13.3. The zero-order chi connectivity index (χ0) is 15.4. The molecule has 4 heteroatoms. The molecule has 0 heterocycles. The van der Waals surface area contributed by atoms with E-state index in [1.807, 2.05) is 14.0 Å². The SMILES string of the molecule is CCN(C)C(=O)CCNC1(CO)CC(C)CC(C)(C)C1. The van der Waals surface area contributed by atoms with Gasteiger partial charge in [-0.25, -0.2) is 0 Å². The summed E-state index contributed by atoms with van der Waals surface area (Å²) in [5.41, 5.74) is 0.0316. The molecule has 1 amide bonds. The molecule has 2 N–H and O–H groups in total. The summed E-state index contributed by atoms with van der Waals surface area (Å²) >= 11 is 0. The van der Waals surface area contributed by atoms with Crippen LogP contribution < -0.4 is 5.32 Å². The smallest absolute Gasteiger partial charge is 0.223 e. The topological polar surface area (TPSA) is 52.6 Å². The fourth-order valence-corrected chi connectivity index (χ4v) is 3.86. The van der Waals surface area contributed by atoms with Gasteiger partial charge in [-0.3, -0.25) is 4.79 Å². The zero-order valence-corrected chi connectivity index (χ0v) is 13.8. The number of hydrogen-bond donors (Lipinski definition) is 2. The van der Waals surface area contributed by atoms with Crippen LogP contribution in [0.3, 0.4) is 0 Å². The average Bonchev–Trinajstić information content (AvgIpc) is 2.35. The van der Waals surface area contributed by atoms with Crippen molar-refractivity contribution >= 4 is 5.91 Å². The Bertz CT molecular complexity index is 330. The Morgan fingerprint density at radius 1 is 1.40 bits per heavy atom. The van der Waals surface area contributed by atoms with E-state index in [-0.39, 0.29) is 23.5 Å². The number of aliphatic hydroxyl groups is 1. The maximum absolute atomic E-state index is 11.8. The van der Waals surface area contributed by atoms with Gasteiger partial charge < -0.3 is 15.3 Å². The van der Waals surface area contributed by atoms with Gasteiger partial charge >= 0.3 is 0 Å². The number of amides is 1. The minimum atomic E-state index is -0.216. The molecule has 0 spiro atoms.